The van der Waals surface area contributed by atoms with E-state index in [1.807, 2.05) is 0 Å². The van der Waals surface area contributed by atoms with Gasteiger partial charge in [-0.3, -0.25) is 4.79 Å². The minimum Gasteiger partial charge on any atom is -0.355 e. The molecule has 5 nitrogen and oxygen atoms in total. The van der Waals surface area contributed by atoms with Gasteiger partial charge < -0.3 is 5.32 Å². The van der Waals surface area contributed by atoms with Crippen molar-refractivity contribution in [3.05, 3.63) is 28.0 Å². The number of primary sulfonamides is 1. The molecular weight excluding hydrogens is 303 g/mol. The molecule has 1 amide bonds. The number of nitrogens with two attached hydrogens (primary N) is 1. The van der Waals surface area contributed by atoms with Gasteiger partial charge in [0.05, 0.1) is 9.37 Å². The Bertz CT molecular complexity index is 544. The van der Waals surface area contributed by atoms with Crippen LogP contribution in [0.15, 0.2) is 21.5 Å². The zero-order chi connectivity index (χ0) is 12.5. The van der Waals surface area contributed by atoms with Gasteiger partial charge in [0.25, 0.3) is 5.91 Å². The first-order valence-corrected chi connectivity index (χ1v) is 6.35. The predicted molar refractivity (Wildman–Crippen MR) is 58.9 cm³/mol. The summed E-state index contributed by atoms with van der Waals surface area (Å²) in [5.74, 6) is -1.47. The van der Waals surface area contributed by atoms with Gasteiger partial charge in [-0.1, -0.05) is 0 Å². The van der Waals surface area contributed by atoms with E-state index in [9.17, 15) is 17.6 Å². The number of amides is 1. The lowest BCUT2D eigenvalue weighted by atomic mass is 10.2. The zero-order valence-electron chi connectivity index (χ0n) is 8.12. The van der Waals surface area contributed by atoms with Crippen molar-refractivity contribution in [3.63, 3.8) is 0 Å². The van der Waals surface area contributed by atoms with Crippen LogP contribution in [-0.4, -0.2) is 21.4 Å². The average molecular weight is 311 g/mol. The molecule has 0 heterocycles. The number of hydrogen-bond donors (Lipinski definition) is 2. The van der Waals surface area contributed by atoms with Gasteiger partial charge in [-0.2, -0.15) is 0 Å². The maximum Gasteiger partial charge on any atom is 0.251 e. The fourth-order valence-corrected chi connectivity index (χ4v) is 2.59. The molecule has 0 fully saturated rings. The molecule has 1 aromatic rings. The smallest absolute Gasteiger partial charge is 0.251 e. The fourth-order valence-electron chi connectivity index (χ4n) is 1.05. The van der Waals surface area contributed by atoms with Crippen LogP contribution < -0.4 is 10.5 Å². The van der Waals surface area contributed by atoms with Crippen molar-refractivity contribution in [1.29, 1.82) is 0 Å². The Balaban J connectivity index is 3.52. The van der Waals surface area contributed by atoms with E-state index in [1.54, 1.807) is 0 Å². The van der Waals surface area contributed by atoms with Crippen LogP contribution in [0.3, 0.4) is 0 Å². The van der Waals surface area contributed by atoms with E-state index < -0.39 is 26.6 Å². The second kappa shape index (κ2) is 4.48. The van der Waals surface area contributed by atoms with Crippen LogP contribution in [0.5, 0.6) is 0 Å². The molecule has 0 aromatic heterocycles. The molecule has 8 heteroatoms. The number of sulfonamides is 1. The van der Waals surface area contributed by atoms with Crippen LogP contribution in [0.1, 0.15) is 10.4 Å². The molecule has 0 saturated carbocycles. The quantitative estimate of drug-likeness (QED) is 0.838. The topological polar surface area (TPSA) is 89.3 Å². The highest BCUT2D eigenvalue weighted by Crippen LogP contribution is 2.25. The van der Waals surface area contributed by atoms with Gasteiger partial charge in [0.15, 0.2) is 0 Å². The number of halogens is 2. The van der Waals surface area contributed by atoms with Crippen molar-refractivity contribution in [2.24, 2.45) is 5.14 Å². The lowest BCUT2D eigenvalue weighted by Crippen LogP contribution is -2.20. The van der Waals surface area contributed by atoms with E-state index in [0.717, 1.165) is 12.1 Å². The second-order valence-electron chi connectivity index (χ2n) is 2.89. The Hall–Kier alpha value is -0.990. The predicted octanol–water partition coefficient (Wildman–Crippen LogP) is 0.595. The number of carbonyl (C=O) groups is 1. The van der Waals surface area contributed by atoms with Gasteiger partial charge in [-0.25, -0.2) is 17.9 Å². The number of carbonyl (C=O) groups excluding carboxylic acids is 1. The molecule has 0 bridgehead atoms. The molecule has 16 heavy (non-hydrogen) atoms. The van der Waals surface area contributed by atoms with Gasteiger partial charge in [-0.05, 0) is 28.1 Å². The lowest BCUT2D eigenvalue weighted by Gasteiger charge is -2.06. The van der Waals surface area contributed by atoms with Crippen molar-refractivity contribution in [2.75, 3.05) is 7.05 Å². The molecule has 0 atom stereocenters. The molecule has 0 aliphatic rings. The van der Waals surface area contributed by atoms with E-state index in [1.165, 1.54) is 7.05 Å². The third-order valence-electron chi connectivity index (χ3n) is 1.79. The first kappa shape index (κ1) is 13.1. The molecule has 0 saturated heterocycles. The molecule has 0 spiro atoms. The minimum atomic E-state index is -4.09. The summed E-state index contributed by atoms with van der Waals surface area (Å²) in [4.78, 5) is 10.8. The number of rotatable bonds is 2. The summed E-state index contributed by atoms with van der Waals surface area (Å²) < 4.78 is 35.3. The van der Waals surface area contributed by atoms with Crippen LogP contribution in [0.2, 0.25) is 0 Å². The van der Waals surface area contributed by atoms with Gasteiger partial charge >= 0.3 is 0 Å². The number of nitrogens with one attached hydrogen (secondary N) is 1. The maximum atomic E-state index is 13.3. The van der Waals surface area contributed by atoms with Gasteiger partial charge in [0, 0.05) is 12.6 Å². The van der Waals surface area contributed by atoms with Crippen molar-refractivity contribution in [3.8, 4) is 0 Å². The molecule has 1 rings (SSSR count). The van der Waals surface area contributed by atoms with E-state index in [0.29, 0.717) is 0 Å². The number of hydrogen-bond acceptors (Lipinski definition) is 3. The summed E-state index contributed by atoms with van der Waals surface area (Å²) in [6, 6.07) is 1.92. The highest BCUT2D eigenvalue weighted by Gasteiger charge is 2.19. The third kappa shape index (κ3) is 2.57. The normalized spacial score (nSPS) is 11.2. The van der Waals surface area contributed by atoms with Gasteiger partial charge in [-0.15, -0.1) is 0 Å². The highest BCUT2D eigenvalue weighted by molar-refractivity contribution is 9.10. The van der Waals surface area contributed by atoms with Gasteiger partial charge in [0.2, 0.25) is 10.0 Å². The summed E-state index contributed by atoms with van der Waals surface area (Å²) in [6.45, 7) is 0. The molecule has 1 aromatic carbocycles. The monoisotopic (exact) mass is 310 g/mol. The van der Waals surface area contributed by atoms with Crippen LogP contribution in [0.4, 0.5) is 4.39 Å². The highest BCUT2D eigenvalue weighted by atomic mass is 79.9. The van der Waals surface area contributed by atoms with E-state index >= 15 is 0 Å². The van der Waals surface area contributed by atoms with E-state index in [4.69, 9.17) is 5.14 Å². The van der Waals surface area contributed by atoms with Crippen LogP contribution >= 0.6 is 15.9 Å². The Morgan fingerprint density at radius 2 is 2.06 bits per heavy atom. The molecule has 88 valence electrons. The third-order valence-corrected chi connectivity index (χ3v) is 3.79. The SMILES string of the molecule is CNC(=O)c1cc(F)c(Br)c(S(N)(=O)=O)c1. The first-order valence-electron chi connectivity index (χ1n) is 4.01. The Morgan fingerprint density at radius 1 is 1.50 bits per heavy atom. The first-order chi connectivity index (χ1) is 7.27. The Morgan fingerprint density at radius 3 is 2.50 bits per heavy atom. The standard InChI is InChI=1S/C8H8BrFN2O3S/c1-12-8(13)4-2-5(10)7(9)6(3-4)16(11,14)15/h2-3H,1H3,(H,12,13)(H2,11,14,15). The summed E-state index contributed by atoms with van der Waals surface area (Å²) in [5.41, 5.74) is -0.118. The molecule has 0 unspecified atom stereocenters. The van der Waals surface area contributed by atoms with E-state index in [-0.39, 0.29) is 10.0 Å². The fraction of sp³-hybridized carbons (Fsp3) is 0.125. The minimum absolute atomic E-state index is 0.118. The van der Waals surface area contributed by atoms with Crippen LogP contribution in [-0.2, 0) is 10.0 Å². The number of benzene rings is 1. The summed E-state index contributed by atoms with van der Waals surface area (Å²) >= 11 is 2.76. The van der Waals surface area contributed by atoms with Crippen LogP contribution in [0.25, 0.3) is 0 Å². The summed E-state index contributed by atoms with van der Waals surface area (Å²) in [6.07, 6.45) is 0. The average Bonchev–Trinajstić information content (AvgIpc) is 2.18. The van der Waals surface area contributed by atoms with Crippen molar-refractivity contribution >= 4 is 31.9 Å². The van der Waals surface area contributed by atoms with Crippen molar-refractivity contribution in [2.45, 2.75) is 4.90 Å². The van der Waals surface area contributed by atoms with Crippen molar-refractivity contribution in [1.82, 2.24) is 5.32 Å². The lowest BCUT2D eigenvalue weighted by molar-refractivity contribution is 0.0962. The zero-order valence-corrected chi connectivity index (χ0v) is 10.5. The van der Waals surface area contributed by atoms with Gasteiger partial charge in [0.1, 0.15) is 5.82 Å². The molecular formula is C8H8BrFN2O3S. The van der Waals surface area contributed by atoms with E-state index in [2.05, 4.69) is 21.2 Å². The molecule has 3 N–H and O–H groups in total. The second-order valence-corrected chi connectivity index (χ2v) is 5.22. The summed E-state index contributed by atoms with van der Waals surface area (Å²) in [5, 5.41) is 7.13. The largest absolute Gasteiger partial charge is 0.355 e. The maximum absolute atomic E-state index is 13.3. The Labute approximate surface area is 100 Å². The molecule has 0 aliphatic carbocycles. The summed E-state index contributed by atoms with van der Waals surface area (Å²) in [7, 11) is -2.74. The Kier molecular flexibility index (Phi) is 3.66. The van der Waals surface area contributed by atoms with Crippen LogP contribution in [0, 0.1) is 5.82 Å². The molecule has 0 radical (unpaired) electrons. The molecule has 0 aliphatic heterocycles. The van der Waals surface area contributed by atoms with Crippen molar-refractivity contribution < 1.29 is 17.6 Å².